The first-order chi connectivity index (χ1) is 12.6. The number of nitriles is 1. The van der Waals surface area contributed by atoms with Gasteiger partial charge in [-0.15, -0.1) is 0 Å². The Morgan fingerprint density at radius 1 is 1.31 bits per heavy atom. The molecule has 0 saturated heterocycles. The van der Waals surface area contributed by atoms with Gasteiger partial charge in [0.2, 0.25) is 0 Å². The van der Waals surface area contributed by atoms with E-state index in [1.54, 1.807) is 12.3 Å². The van der Waals surface area contributed by atoms with Gasteiger partial charge < -0.3 is 9.88 Å². The minimum Gasteiger partial charge on any atom is -0.349 e. The molecule has 134 valence electrons. The summed E-state index contributed by atoms with van der Waals surface area (Å²) in [5.41, 5.74) is 2.98. The Hall–Kier alpha value is -2.87. The third-order valence-electron chi connectivity index (χ3n) is 4.95. The number of carbonyl (C=O) groups excluding carboxylic acids is 1. The van der Waals surface area contributed by atoms with Crippen molar-refractivity contribution in [3.8, 4) is 11.9 Å². The summed E-state index contributed by atoms with van der Waals surface area (Å²) < 4.78 is 2.03. The molecule has 0 radical (unpaired) electrons. The number of nitrogens with zero attached hydrogens (tertiary/aromatic N) is 3. The predicted octanol–water partition coefficient (Wildman–Crippen LogP) is 3.85. The number of nitrogens with one attached hydrogen (secondary N) is 1. The van der Waals surface area contributed by atoms with Crippen LogP contribution in [0, 0.1) is 25.2 Å². The number of amides is 1. The summed E-state index contributed by atoms with van der Waals surface area (Å²) in [6, 6.07) is 9.99. The van der Waals surface area contributed by atoms with Crippen LogP contribution in [-0.4, -0.2) is 21.5 Å². The van der Waals surface area contributed by atoms with Gasteiger partial charge in [0.25, 0.3) is 5.91 Å². The van der Waals surface area contributed by atoms with E-state index < -0.39 is 0 Å². The molecule has 0 unspecified atom stereocenters. The fourth-order valence-electron chi connectivity index (χ4n) is 3.59. The molecule has 1 fully saturated rings. The average Bonchev–Trinajstić information content (AvgIpc) is 2.94. The van der Waals surface area contributed by atoms with E-state index >= 15 is 0 Å². The van der Waals surface area contributed by atoms with Crippen molar-refractivity contribution in [3.63, 3.8) is 0 Å². The first kappa shape index (κ1) is 17.9. The monoisotopic (exact) mass is 348 g/mol. The highest BCUT2D eigenvalue weighted by Gasteiger charge is 2.19. The number of rotatable bonds is 4. The molecule has 2 aromatic rings. The number of aromatic nitrogens is 2. The molecule has 0 atom stereocenters. The van der Waals surface area contributed by atoms with Gasteiger partial charge in [-0.3, -0.25) is 4.79 Å². The van der Waals surface area contributed by atoms with Gasteiger partial charge in [0.1, 0.15) is 17.5 Å². The van der Waals surface area contributed by atoms with Crippen molar-refractivity contribution < 1.29 is 4.79 Å². The van der Waals surface area contributed by atoms with Crippen LogP contribution in [-0.2, 0) is 4.79 Å². The highest BCUT2D eigenvalue weighted by molar-refractivity contribution is 6.02. The van der Waals surface area contributed by atoms with Crippen LogP contribution in [0.3, 0.4) is 0 Å². The highest BCUT2D eigenvalue weighted by atomic mass is 16.1. The smallest absolute Gasteiger partial charge is 0.262 e. The average molecular weight is 348 g/mol. The standard InChI is InChI=1S/C21H24N4O/c1-15-12-17(16(2)25(15)20-10-6-7-11-23-20)13-18(14-22)21(26)24-19-8-4-3-5-9-19/h6-7,10-13,19H,3-5,8-9H2,1-2H3,(H,24,26)/b18-13-. The molecule has 2 aromatic heterocycles. The van der Waals surface area contributed by atoms with Crippen LogP contribution >= 0.6 is 0 Å². The number of hydrogen-bond donors (Lipinski definition) is 1. The molecular formula is C21H24N4O. The summed E-state index contributed by atoms with van der Waals surface area (Å²) in [5.74, 6) is 0.550. The number of carbonyl (C=O) groups is 1. The maximum atomic E-state index is 12.5. The minimum absolute atomic E-state index is 0.150. The summed E-state index contributed by atoms with van der Waals surface area (Å²) in [7, 11) is 0. The van der Waals surface area contributed by atoms with Crippen molar-refractivity contribution in [2.45, 2.75) is 52.0 Å². The van der Waals surface area contributed by atoms with E-state index in [4.69, 9.17) is 0 Å². The van der Waals surface area contributed by atoms with Gasteiger partial charge in [-0.05, 0) is 56.5 Å². The van der Waals surface area contributed by atoms with Crippen LogP contribution in [0.5, 0.6) is 0 Å². The summed E-state index contributed by atoms with van der Waals surface area (Å²) in [6.45, 7) is 3.97. The number of aryl methyl sites for hydroxylation is 1. The van der Waals surface area contributed by atoms with Gasteiger partial charge >= 0.3 is 0 Å². The Morgan fingerprint density at radius 3 is 2.73 bits per heavy atom. The first-order valence-electron chi connectivity index (χ1n) is 9.13. The lowest BCUT2D eigenvalue weighted by Gasteiger charge is -2.22. The summed E-state index contributed by atoms with van der Waals surface area (Å²) >= 11 is 0. The van der Waals surface area contributed by atoms with Crippen molar-refractivity contribution in [2.75, 3.05) is 0 Å². The van der Waals surface area contributed by atoms with E-state index in [1.165, 1.54) is 6.42 Å². The molecule has 1 amide bonds. The molecule has 26 heavy (non-hydrogen) atoms. The molecular weight excluding hydrogens is 324 g/mol. The van der Waals surface area contributed by atoms with E-state index in [9.17, 15) is 10.1 Å². The maximum Gasteiger partial charge on any atom is 0.262 e. The van der Waals surface area contributed by atoms with E-state index in [2.05, 4.69) is 16.4 Å². The second-order valence-electron chi connectivity index (χ2n) is 6.83. The molecule has 1 saturated carbocycles. The molecule has 0 aliphatic heterocycles. The van der Waals surface area contributed by atoms with Gasteiger partial charge in [0.15, 0.2) is 0 Å². The zero-order valence-electron chi connectivity index (χ0n) is 15.3. The summed E-state index contributed by atoms with van der Waals surface area (Å²) in [5, 5.41) is 12.5. The molecule has 2 heterocycles. The van der Waals surface area contributed by atoms with E-state index in [-0.39, 0.29) is 17.5 Å². The predicted molar refractivity (Wildman–Crippen MR) is 102 cm³/mol. The lowest BCUT2D eigenvalue weighted by Crippen LogP contribution is -2.36. The lowest BCUT2D eigenvalue weighted by atomic mass is 9.95. The van der Waals surface area contributed by atoms with Gasteiger partial charge in [-0.25, -0.2) is 4.98 Å². The zero-order chi connectivity index (χ0) is 18.5. The van der Waals surface area contributed by atoms with Gasteiger partial charge in [-0.1, -0.05) is 25.3 Å². The Kier molecular flexibility index (Phi) is 5.52. The maximum absolute atomic E-state index is 12.5. The molecule has 5 nitrogen and oxygen atoms in total. The second kappa shape index (κ2) is 8.01. The van der Waals surface area contributed by atoms with Gasteiger partial charge in [0, 0.05) is 23.6 Å². The largest absolute Gasteiger partial charge is 0.349 e. The van der Waals surface area contributed by atoms with Crippen LogP contribution in [0.25, 0.3) is 11.9 Å². The molecule has 0 spiro atoms. The van der Waals surface area contributed by atoms with Gasteiger partial charge in [0.05, 0.1) is 0 Å². The van der Waals surface area contributed by atoms with E-state index in [0.29, 0.717) is 0 Å². The molecule has 3 rings (SSSR count). The molecule has 0 aromatic carbocycles. The molecule has 0 bridgehead atoms. The SMILES string of the molecule is Cc1cc(/C=C(/C#N)C(=O)NC2CCCCC2)c(C)n1-c1ccccn1. The molecule has 1 aliphatic rings. The van der Waals surface area contributed by atoms with Gasteiger partial charge in [-0.2, -0.15) is 5.26 Å². The molecule has 1 aliphatic carbocycles. The fourth-order valence-corrected chi connectivity index (χ4v) is 3.59. The summed E-state index contributed by atoms with van der Waals surface area (Å²) in [4.78, 5) is 16.9. The normalized spacial score (nSPS) is 15.5. The number of hydrogen-bond acceptors (Lipinski definition) is 3. The Labute approximate surface area is 154 Å². The van der Waals surface area contributed by atoms with E-state index in [1.807, 2.05) is 42.7 Å². The van der Waals surface area contributed by atoms with Crippen molar-refractivity contribution in [3.05, 3.63) is 53.0 Å². The Balaban J connectivity index is 1.85. The molecule has 5 heteroatoms. The zero-order valence-corrected chi connectivity index (χ0v) is 15.3. The van der Waals surface area contributed by atoms with Crippen molar-refractivity contribution >= 4 is 12.0 Å². The topological polar surface area (TPSA) is 70.7 Å². The third kappa shape index (κ3) is 3.85. The van der Waals surface area contributed by atoms with Crippen molar-refractivity contribution in [2.24, 2.45) is 0 Å². The third-order valence-corrected chi connectivity index (χ3v) is 4.95. The van der Waals surface area contributed by atoms with Crippen molar-refractivity contribution in [1.82, 2.24) is 14.9 Å². The summed E-state index contributed by atoms with van der Waals surface area (Å²) in [6.07, 6.45) is 8.94. The first-order valence-corrected chi connectivity index (χ1v) is 9.13. The Morgan fingerprint density at radius 2 is 2.08 bits per heavy atom. The highest BCUT2D eigenvalue weighted by Crippen LogP contribution is 2.22. The van der Waals surface area contributed by atoms with Crippen LogP contribution in [0.2, 0.25) is 0 Å². The second-order valence-corrected chi connectivity index (χ2v) is 6.83. The molecule has 1 N–H and O–H groups in total. The minimum atomic E-state index is -0.276. The van der Waals surface area contributed by atoms with Crippen LogP contribution in [0.1, 0.15) is 49.1 Å². The van der Waals surface area contributed by atoms with Crippen molar-refractivity contribution in [1.29, 1.82) is 5.26 Å². The fraction of sp³-hybridized carbons (Fsp3) is 0.381. The lowest BCUT2D eigenvalue weighted by molar-refractivity contribution is -0.117. The Bertz CT molecular complexity index is 852. The van der Waals surface area contributed by atoms with Crippen LogP contribution in [0.15, 0.2) is 36.0 Å². The van der Waals surface area contributed by atoms with E-state index in [0.717, 1.165) is 48.5 Å². The quantitative estimate of drug-likeness (QED) is 0.674. The number of pyridine rings is 1. The van der Waals surface area contributed by atoms with Crippen LogP contribution < -0.4 is 5.32 Å². The van der Waals surface area contributed by atoms with Crippen LogP contribution in [0.4, 0.5) is 0 Å².